The molecule has 0 spiro atoms. The Morgan fingerprint density at radius 1 is 1.06 bits per heavy atom. The van der Waals surface area contributed by atoms with Crippen molar-refractivity contribution < 1.29 is 24.3 Å². The number of hydrogen-bond acceptors (Lipinski definition) is 5. The van der Waals surface area contributed by atoms with E-state index in [1.807, 2.05) is 0 Å². The monoisotopic (exact) mass is 483 g/mol. The van der Waals surface area contributed by atoms with Gasteiger partial charge in [-0.1, -0.05) is 38.3 Å². The molecule has 0 bridgehead atoms. The summed E-state index contributed by atoms with van der Waals surface area (Å²) in [6, 6.07) is 6.71. The molecule has 1 aromatic carbocycles. The van der Waals surface area contributed by atoms with Crippen molar-refractivity contribution in [1.29, 1.82) is 0 Å². The molecule has 188 valence electrons. The second kappa shape index (κ2) is 12.1. The van der Waals surface area contributed by atoms with E-state index in [9.17, 15) is 24.3 Å². The highest BCUT2D eigenvalue weighted by atomic mass is 16.4. The normalized spacial score (nSPS) is 15.6. The molecule has 3 amide bonds. The topological polar surface area (TPSA) is 142 Å². The van der Waals surface area contributed by atoms with Crippen LogP contribution in [0.3, 0.4) is 0 Å². The number of nitrogens with zero attached hydrogens (tertiary/aromatic N) is 2. The van der Waals surface area contributed by atoms with Gasteiger partial charge in [0.15, 0.2) is 0 Å². The van der Waals surface area contributed by atoms with E-state index in [1.54, 1.807) is 44.3 Å². The molecule has 1 aliphatic rings. The minimum absolute atomic E-state index is 0.0405. The van der Waals surface area contributed by atoms with Gasteiger partial charge in [-0.3, -0.25) is 19.1 Å². The molecular weight excluding hydrogens is 450 g/mol. The lowest BCUT2D eigenvalue weighted by Crippen LogP contribution is -2.49. The van der Waals surface area contributed by atoms with E-state index in [0.717, 1.165) is 32.1 Å². The summed E-state index contributed by atoms with van der Waals surface area (Å²) in [5.74, 6) is -2.04. The first-order valence-corrected chi connectivity index (χ1v) is 12.0. The highest BCUT2D eigenvalue weighted by Gasteiger charge is 2.32. The van der Waals surface area contributed by atoms with E-state index < -0.39 is 18.1 Å². The van der Waals surface area contributed by atoms with Gasteiger partial charge in [0, 0.05) is 31.8 Å². The molecule has 1 heterocycles. The number of aryl methyl sites for hydroxylation is 1. The molecule has 10 heteroatoms. The Labute approximate surface area is 204 Å². The number of carbonyl (C=O) groups is 4. The Morgan fingerprint density at radius 2 is 1.74 bits per heavy atom. The molecule has 1 aromatic heterocycles. The van der Waals surface area contributed by atoms with Gasteiger partial charge < -0.3 is 21.1 Å². The average molecular weight is 484 g/mol. The lowest BCUT2D eigenvalue weighted by molar-refractivity contribution is -0.141. The molecule has 2 atom stereocenters. The van der Waals surface area contributed by atoms with Gasteiger partial charge in [-0.05, 0) is 42.5 Å². The van der Waals surface area contributed by atoms with Crippen LogP contribution in [0.1, 0.15) is 61.5 Å². The second-order valence-electron chi connectivity index (χ2n) is 8.89. The number of aliphatic carboxylic acids is 1. The highest BCUT2D eigenvalue weighted by Crippen LogP contribution is 2.27. The van der Waals surface area contributed by atoms with Gasteiger partial charge >= 0.3 is 5.97 Å². The number of rotatable bonds is 10. The molecule has 1 fully saturated rings. The first kappa shape index (κ1) is 25.9. The standard InChI is InChI=1S/C25H33N5O5/c1-3-21(31)28-19(25(34)35)15-16-9-11-18(12-10-16)27-24(33)22(17-7-5-4-6-8-17)29-23(32)20-13-14-26-30(20)2/h9-14,17,19,22H,3-8,15H2,1-2H3,(H,27,33)(H,28,31)(H,29,32)(H,34,35)/t19-,22+/m1/s1. The number of anilines is 1. The Hall–Kier alpha value is -3.69. The zero-order valence-corrected chi connectivity index (χ0v) is 20.1. The van der Waals surface area contributed by atoms with Crippen LogP contribution in [0.2, 0.25) is 0 Å². The summed E-state index contributed by atoms with van der Waals surface area (Å²) in [6.45, 7) is 1.66. The molecule has 35 heavy (non-hydrogen) atoms. The van der Waals surface area contributed by atoms with Gasteiger partial charge in [-0.2, -0.15) is 5.10 Å². The van der Waals surface area contributed by atoms with Crippen LogP contribution in [0.5, 0.6) is 0 Å². The van der Waals surface area contributed by atoms with Crippen LogP contribution >= 0.6 is 0 Å². The first-order chi connectivity index (χ1) is 16.8. The van der Waals surface area contributed by atoms with Gasteiger partial charge in [0.25, 0.3) is 5.91 Å². The van der Waals surface area contributed by atoms with Crippen molar-refractivity contribution in [2.75, 3.05) is 5.32 Å². The van der Waals surface area contributed by atoms with Crippen molar-refractivity contribution in [3.63, 3.8) is 0 Å². The summed E-state index contributed by atoms with van der Waals surface area (Å²) in [4.78, 5) is 49.1. The molecule has 1 saturated carbocycles. The number of nitrogens with one attached hydrogen (secondary N) is 3. The van der Waals surface area contributed by atoms with Gasteiger partial charge in [-0.15, -0.1) is 0 Å². The third-order valence-corrected chi connectivity index (χ3v) is 6.36. The van der Waals surface area contributed by atoms with Crippen molar-refractivity contribution in [2.24, 2.45) is 13.0 Å². The van der Waals surface area contributed by atoms with E-state index in [1.165, 1.54) is 10.9 Å². The van der Waals surface area contributed by atoms with Crippen LogP contribution in [-0.2, 0) is 27.9 Å². The predicted octanol–water partition coefficient (Wildman–Crippen LogP) is 2.26. The predicted molar refractivity (Wildman–Crippen MR) is 130 cm³/mol. The highest BCUT2D eigenvalue weighted by molar-refractivity contribution is 6.00. The Kier molecular flexibility index (Phi) is 8.99. The number of carboxylic acid groups (broad SMARTS) is 1. The Morgan fingerprint density at radius 3 is 2.31 bits per heavy atom. The number of benzene rings is 1. The summed E-state index contributed by atoms with van der Waals surface area (Å²) in [5.41, 5.74) is 1.63. The first-order valence-electron chi connectivity index (χ1n) is 12.0. The molecule has 0 unspecified atom stereocenters. The number of aromatic nitrogens is 2. The molecule has 4 N–H and O–H groups in total. The summed E-state index contributed by atoms with van der Waals surface area (Å²) < 4.78 is 1.47. The van der Waals surface area contributed by atoms with Crippen molar-refractivity contribution in [3.8, 4) is 0 Å². The minimum atomic E-state index is -1.11. The van der Waals surface area contributed by atoms with Gasteiger partial charge in [0.1, 0.15) is 17.8 Å². The summed E-state index contributed by atoms with van der Waals surface area (Å²) >= 11 is 0. The van der Waals surface area contributed by atoms with E-state index in [2.05, 4.69) is 21.0 Å². The number of amides is 3. The lowest BCUT2D eigenvalue weighted by atomic mass is 9.83. The third-order valence-electron chi connectivity index (χ3n) is 6.36. The van der Waals surface area contributed by atoms with Crippen LogP contribution in [0.15, 0.2) is 36.5 Å². The van der Waals surface area contributed by atoms with Crippen molar-refractivity contribution in [1.82, 2.24) is 20.4 Å². The maximum Gasteiger partial charge on any atom is 0.326 e. The molecule has 2 aromatic rings. The largest absolute Gasteiger partial charge is 0.480 e. The van der Waals surface area contributed by atoms with Gasteiger partial charge in [-0.25, -0.2) is 4.79 Å². The van der Waals surface area contributed by atoms with Gasteiger partial charge in [0.05, 0.1) is 0 Å². The second-order valence-corrected chi connectivity index (χ2v) is 8.89. The van der Waals surface area contributed by atoms with Crippen LogP contribution in [-0.4, -0.2) is 50.7 Å². The lowest BCUT2D eigenvalue weighted by Gasteiger charge is -2.30. The zero-order valence-electron chi connectivity index (χ0n) is 20.1. The van der Waals surface area contributed by atoms with Crippen molar-refractivity contribution in [2.45, 2.75) is 64.0 Å². The Balaban J connectivity index is 1.68. The van der Waals surface area contributed by atoms with E-state index in [-0.39, 0.29) is 36.5 Å². The quantitative estimate of drug-likeness (QED) is 0.408. The maximum absolute atomic E-state index is 13.2. The summed E-state index contributed by atoms with van der Waals surface area (Å²) in [5, 5.41) is 21.7. The molecule has 0 aliphatic heterocycles. The summed E-state index contributed by atoms with van der Waals surface area (Å²) in [7, 11) is 1.68. The molecule has 0 radical (unpaired) electrons. The van der Waals surface area contributed by atoms with E-state index in [0.29, 0.717) is 16.9 Å². The average Bonchev–Trinajstić information content (AvgIpc) is 3.29. The fraction of sp³-hybridized carbons (Fsp3) is 0.480. The number of hydrogen-bond donors (Lipinski definition) is 4. The fourth-order valence-electron chi connectivity index (χ4n) is 4.35. The minimum Gasteiger partial charge on any atom is -0.480 e. The maximum atomic E-state index is 13.2. The van der Waals surface area contributed by atoms with Crippen molar-refractivity contribution in [3.05, 3.63) is 47.8 Å². The summed E-state index contributed by atoms with van der Waals surface area (Å²) in [6.07, 6.45) is 6.75. The van der Waals surface area contributed by atoms with Crippen LogP contribution in [0.25, 0.3) is 0 Å². The molecular formula is C25H33N5O5. The van der Waals surface area contributed by atoms with Gasteiger partial charge in [0.2, 0.25) is 11.8 Å². The molecule has 1 aliphatic carbocycles. The molecule has 0 saturated heterocycles. The van der Waals surface area contributed by atoms with Crippen LogP contribution < -0.4 is 16.0 Å². The van der Waals surface area contributed by atoms with Crippen molar-refractivity contribution >= 4 is 29.4 Å². The SMILES string of the molecule is CCC(=O)N[C@H](Cc1ccc(NC(=O)[C@@H](NC(=O)c2ccnn2C)C2CCCCC2)cc1)C(=O)O. The molecule has 3 rings (SSSR count). The molecule has 10 nitrogen and oxygen atoms in total. The van der Waals surface area contributed by atoms with Crippen LogP contribution in [0, 0.1) is 5.92 Å². The zero-order chi connectivity index (χ0) is 25.4. The third kappa shape index (κ3) is 7.14. The Bertz CT molecular complexity index is 1040. The van der Waals surface area contributed by atoms with Crippen LogP contribution in [0.4, 0.5) is 5.69 Å². The smallest absolute Gasteiger partial charge is 0.326 e. The number of carboxylic acids is 1. The van der Waals surface area contributed by atoms with E-state index >= 15 is 0 Å². The fourth-order valence-corrected chi connectivity index (χ4v) is 4.35. The number of carbonyl (C=O) groups excluding carboxylic acids is 3. The van der Waals surface area contributed by atoms with E-state index in [4.69, 9.17) is 0 Å².